The first-order valence-electron chi connectivity index (χ1n) is 5.84. The topological polar surface area (TPSA) is 67.8 Å². The third kappa shape index (κ3) is 5.44. The predicted molar refractivity (Wildman–Crippen MR) is 59.1 cm³/mol. The maximum Gasteiger partial charge on any atom is 0.308 e. The van der Waals surface area contributed by atoms with Crippen molar-refractivity contribution >= 4 is 5.97 Å². The van der Waals surface area contributed by atoms with Crippen LogP contribution in [0.25, 0.3) is 0 Å². The fourth-order valence-corrected chi connectivity index (χ4v) is 1.68. The second-order valence-electron chi connectivity index (χ2n) is 4.05. The van der Waals surface area contributed by atoms with E-state index in [-0.39, 0.29) is 12.4 Å². The second-order valence-corrected chi connectivity index (χ2v) is 4.05. The summed E-state index contributed by atoms with van der Waals surface area (Å²) in [5, 5.41) is 12.7. The SMILES string of the molecule is CCOC(=O)CC(O)CNCC1CCOC1. The zero-order chi connectivity index (χ0) is 11.8. The summed E-state index contributed by atoms with van der Waals surface area (Å²) in [6.07, 6.45) is 0.463. The minimum atomic E-state index is -0.665. The van der Waals surface area contributed by atoms with E-state index in [0.717, 1.165) is 26.2 Å². The Balaban J connectivity index is 2.00. The number of aliphatic hydroxyl groups excluding tert-OH is 1. The molecule has 94 valence electrons. The molecule has 0 aromatic heterocycles. The average Bonchev–Trinajstić information content (AvgIpc) is 2.70. The largest absolute Gasteiger partial charge is 0.466 e. The van der Waals surface area contributed by atoms with Crippen LogP contribution in [-0.2, 0) is 14.3 Å². The molecule has 0 radical (unpaired) electrons. The first kappa shape index (κ1) is 13.4. The summed E-state index contributed by atoms with van der Waals surface area (Å²) < 4.78 is 9.98. The first-order valence-corrected chi connectivity index (χ1v) is 5.84. The number of hydrogen-bond acceptors (Lipinski definition) is 5. The Bertz CT molecular complexity index is 204. The van der Waals surface area contributed by atoms with Crippen LogP contribution in [-0.4, -0.2) is 50.1 Å². The molecule has 1 fully saturated rings. The summed E-state index contributed by atoms with van der Waals surface area (Å²) in [4.78, 5) is 11.0. The minimum absolute atomic E-state index is 0.0575. The molecule has 0 aliphatic carbocycles. The van der Waals surface area contributed by atoms with Crippen molar-refractivity contribution in [2.45, 2.75) is 25.9 Å². The van der Waals surface area contributed by atoms with Crippen molar-refractivity contribution in [3.63, 3.8) is 0 Å². The van der Waals surface area contributed by atoms with Gasteiger partial charge in [-0.2, -0.15) is 0 Å². The van der Waals surface area contributed by atoms with Gasteiger partial charge in [-0.15, -0.1) is 0 Å². The molecule has 1 saturated heterocycles. The van der Waals surface area contributed by atoms with Gasteiger partial charge in [0.05, 0.1) is 25.7 Å². The van der Waals surface area contributed by atoms with Crippen LogP contribution in [0.3, 0.4) is 0 Å². The summed E-state index contributed by atoms with van der Waals surface area (Å²) >= 11 is 0. The van der Waals surface area contributed by atoms with Crippen LogP contribution in [0.1, 0.15) is 19.8 Å². The lowest BCUT2D eigenvalue weighted by Gasteiger charge is -2.13. The van der Waals surface area contributed by atoms with Gasteiger partial charge in [-0.3, -0.25) is 4.79 Å². The van der Waals surface area contributed by atoms with Crippen LogP contribution < -0.4 is 5.32 Å². The van der Waals surface area contributed by atoms with E-state index in [1.807, 2.05) is 0 Å². The highest BCUT2D eigenvalue weighted by atomic mass is 16.5. The molecule has 0 aromatic carbocycles. The van der Waals surface area contributed by atoms with E-state index < -0.39 is 6.10 Å². The molecule has 16 heavy (non-hydrogen) atoms. The average molecular weight is 231 g/mol. The lowest BCUT2D eigenvalue weighted by molar-refractivity contribution is -0.145. The van der Waals surface area contributed by atoms with Crippen LogP contribution in [0, 0.1) is 5.92 Å². The van der Waals surface area contributed by atoms with Gasteiger partial charge >= 0.3 is 5.97 Å². The van der Waals surface area contributed by atoms with E-state index in [0.29, 0.717) is 19.1 Å². The molecule has 5 nitrogen and oxygen atoms in total. The summed E-state index contributed by atoms with van der Waals surface area (Å²) in [5.74, 6) is 0.191. The Labute approximate surface area is 96.1 Å². The van der Waals surface area contributed by atoms with Gasteiger partial charge in [0.25, 0.3) is 0 Å². The van der Waals surface area contributed by atoms with Gasteiger partial charge in [-0.05, 0) is 19.3 Å². The quantitative estimate of drug-likeness (QED) is 0.600. The maximum absolute atomic E-state index is 11.0. The van der Waals surface area contributed by atoms with Gasteiger partial charge in [0.1, 0.15) is 0 Å². The molecule has 1 aliphatic rings. The zero-order valence-electron chi connectivity index (χ0n) is 9.78. The molecule has 0 saturated carbocycles. The number of esters is 1. The number of carbonyl (C=O) groups is 1. The maximum atomic E-state index is 11.0. The molecule has 2 N–H and O–H groups in total. The van der Waals surface area contributed by atoms with Crippen molar-refractivity contribution in [2.75, 3.05) is 32.9 Å². The van der Waals surface area contributed by atoms with Gasteiger partial charge in [0, 0.05) is 19.7 Å². The Kier molecular flexibility index (Phi) is 6.37. The number of rotatable bonds is 7. The van der Waals surface area contributed by atoms with E-state index in [4.69, 9.17) is 9.47 Å². The Morgan fingerprint density at radius 2 is 2.50 bits per heavy atom. The van der Waals surface area contributed by atoms with Crippen molar-refractivity contribution in [2.24, 2.45) is 5.92 Å². The molecule has 0 amide bonds. The fourth-order valence-electron chi connectivity index (χ4n) is 1.68. The summed E-state index contributed by atoms with van der Waals surface area (Å²) in [5.41, 5.74) is 0. The minimum Gasteiger partial charge on any atom is -0.466 e. The van der Waals surface area contributed by atoms with Crippen LogP contribution in [0.15, 0.2) is 0 Å². The predicted octanol–water partition coefficient (Wildman–Crippen LogP) is -0.0734. The third-order valence-electron chi connectivity index (χ3n) is 2.54. The van der Waals surface area contributed by atoms with Gasteiger partial charge in [-0.25, -0.2) is 0 Å². The van der Waals surface area contributed by atoms with Crippen LogP contribution in [0.2, 0.25) is 0 Å². The number of hydrogen-bond donors (Lipinski definition) is 2. The first-order chi connectivity index (χ1) is 7.72. The molecule has 0 bridgehead atoms. The smallest absolute Gasteiger partial charge is 0.308 e. The van der Waals surface area contributed by atoms with E-state index in [1.54, 1.807) is 6.92 Å². The standard InChI is InChI=1S/C11H21NO4/c1-2-16-11(14)5-10(13)7-12-6-9-3-4-15-8-9/h9-10,12-13H,2-8H2,1H3. The molecule has 1 rings (SSSR count). The number of ether oxygens (including phenoxy) is 2. The van der Waals surface area contributed by atoms with Crippen molar-refractivity contribution in [1.29, 1.82) is 0 Å². The lowest BCUT2D eigenvalue weighted by atomic mass is 10.1. The Morgan fingerprint density at radius 3 is 3.12 bits per heavy atom. The molecule has 5 heteroatoms. The van der Waals surface area contributed by atoms with Gasteiger partial charge in [-0.1, -0.05) is 0 Å². The lowest BCUT2D eigenvalue weighted by Crippen LogP contribution is -2.32. The van der Waals surface area contributed by atoms with Crippen LogP contribution in [0.5, 0.6) is 0 Å². The van der Waals surface area contributed by atoms with Crippen LogP contribution in [0.4, 0.5) is 0 Å². The highest BCUT2D eigenvalue weighted by Gasteiger charge is 2.16. The highest BCUT2D eigenvalue weighted by molar-refractivity contribution is 5.69. The van der Waals surface area contributed by atoms with E-state index in [2.05, 4.69) is 5.32 Å². The third-order valence-corrected chi connectivity index (χ3v) is 2.54. The highest BCUT2D eigenvalue weighted by Crippen LogP contribution is 2.10. The number of carbonyl (C=O) groups excluding carboxylic acids is 1. The normalized spacial score (nSPS) is 22.0. The zero-order valence-corrected chi connectivity index (χ0v) is 9.78. The molecule has 2 unspecified atom stereocenters. The molecule has 1 aliphatic heterocycles. The molecule has 0 aromatic rings. The monoisotopic (exact) mass is 231 g/mol. The van der Waals surface area contributed by atoms with Gasteiger partial charge in [0.2, 0.25) is 0 Å². The van der Waals surface area contributed by atoms with Gasteiger partial charge < -0.3 is 19.9 Å². The molecular weight excluding hydrogens is 210 g/mol. The molecule has 2 atom stereocenters. The van der Waals surface area contributed by atoms with E-state index in [1.165, 1.54) is 0 Å². The van der Waals surface area contributed by atoms with Crippen molar-refractivity contribution in [1.82, 2.24) is 5.32 Å². The van der Waals surface area contributed by atoms with Gasteiger partial charge in [0.15, 0.2) is 0 Å². The van der Waals surface area contributed by atoms with E-state index >= 15 is 0 Å². The summed E-state index contributed by atoms with van der Waals surface area (Å²) in [6.45, 7) is 4.99. The summed E-state index contributed by atoms with van der Waals surface area (Å²) in [6, 6.07) is 0. The number of aliphatic hydroxyl groups is 1. The Morgan fingerprint density at radius 1 is 1.69 bits per heavy atom. The fraction of sp³-hybridized carbons (Fsp3) is 0.909. The molecular formula is C11H21NO4. The number of nitrogens with one attached hydrogen (secondary N) is 1. The summed E-state index contributed by atoms with van der Waals surface area (Å²) in [7, 11) is 0. The molecule has 1 heterocycles. The van der Waals surface area contributed by atoms with Crippen LogP contribution >= 0.6 is 0 Å². The van der Waals surface area contributed by atoms with Crippen molar-refractivity contribution in [3.05, 3.63) is 0 Å². The Hall–Kier alpha value is -0.650. The molecule has 0 spiro atoms. The van der Waals surface area contributed by atoms with Crippen molar-refractivity contribution < 1.29 is 19.4 Å². The van der Waals surface area contributed by atoms with E-state index in [9.17, 15) is 9.90 Å². The van der Waals surface area contributed by atoms with Crippen molar-refractivity contribution in [3.8, 4) is 0 Å². The second kappa shape index (κ2) is 7.60.